The van der Waals surface area contributed by atoms with Crippen molar-refractivity contribution in [2.45, 2.75) is 5.75 Å². The van der Waals surface area contributed by atoms with Crippen molar-refractivity contribution in [1.82, 2.24) is 0 Å². The van der Waals surface area contributed by atoms with Crippen LogP contribution in [0.15, 0.2) is 18.2 Å². The van der Waals surface area contributed by atoms with Crippen LogP contribution < -0.4 is 4.74 Å². The number of benzene rings is 1. The van der Waals surface area contributed by atoms with Crippen LogP contribution in [0.2, 0.25) is 0 Å². The minimum absolute atomic E-state index is 0.0613. The van der Waals surface area contributed by atoms with E-state index in [0.717, 1.165) is 6.26 Å². The fourth-order valence-electron chi connectivity index (χ4n) is 1.27. The molecule has 0 unspecified atom stereocenters. The monoisotopic (exact) mass is 245 g/mol. The highest BCUT2D eigenvalue weighted by Crippen LogP contribution is 2.27. The first-order valence-corrected chi connectivity index (χ1v) is 6.38. The molecule has 1 rings (SSSR count). The maximum Gasteiger partial charge on any atom is 0.310 e. The molecule has 0 aliphatic rings. The summed E-state index contributed by atoms with van der Waals surface area (Å²) >= 11 is 0. The van der Waals surface area contributed by atoms with Crippen molar-refractivity contribution >= 4 is 15.5 Å². The van der Waals surface area contributed by atoms with Crippen LogP contribution >= 0.6 is 0 Å². The summed E-state index contributed by atoms with van der Waals surface area (Å²) in [4.78, 5) is 10.0. The Hall–Kier alpha value is -1.63. The van der Waals surface area contributed by atoms with E-state index >= 15 is 0 Å². The topological polar surface area (TPSA) is 86.5 Å². The smallest absolute Gasteiger partial charge is 0.310 e. The maximum absolute atomic E-state index is 11.0. The molecular formula is C9H11NO5S. The van der Waals surface area contributed by atoms with Gasteiger partial charge in [0.25, 0.3) is 0 Å². The molecule has 1 aromatic carbocycles. The molecule has 0 saturated carbocycles. The number of nitrogens with zero attached hydrogens (tertiary/aromatic N) is 1. The lowest BCUT2D eigenvalue weighted by Crippen LogP contribution is -2.02. The van der Waals surface area contributed by atoms with E-state index in [9.17, 15) is 18.5 Å². The van der Waals surface area contributed by atoms with Crippen LogP contribution in [0.4, 0.5) is 5.69 Å². The van der Waals surface area contributed by atoms with Gasteiger partial charge in [-0.05, 0) is 11.6 Å². The van der Waals surface area contributed by atoms with E-state index in [1.165, 1.54) is 25.3 Å². The van der Waals surface area contributed by atoms with Crippen LogP contribution in [0.1, 0.15) is 5.56 Å². The van der Waals surface area contributed by atoms with Gasteiger partial charge in [0.15, 0.2) is 15.6 Å². The Kier molecular flexibility index (Phi) is 3.48. The summed E-state index contributed by atoms with van der Waals surface area (Å²) in [6.45, 7) is 0. The van der Waals surface area contributed by atoms with E-state index in [1.807, 2.05) is 0 Å². The number of ether oxygens (including phenoxy) is 1. The highest BCUT2D eigenvalue weighted by Gasteiger charge is 2.16. The highest BCUT2D eigenvalue weighted by atomic mass is 32.2. The van der Waals surface area contributed by atoms with E-state index in [2.05, 4.69) is 0 Å². The van der Waals surface area contributed by atoms with E-state index in [4.69, 9.17) is 4.74 Å². The number of nitro groups is 1. The second kappa shape index (κ2) is 4.48. The fraction of sp³-hybridized carbons (Fsp3) is 0.333. The molecule has 7 heteroatoms. The molecule has 6 nitrogen and oxygen atoms in total. The van der Waals surface area contributed by atoms with E-state index < -0.39 is 14.8 Å². The van der Waals surface area contributed by atoms with Crippen molar-refractivity contribution in [2.24, 2.45) is 0 Å². The third-order valence-electron chi connectivity index (χ3n) is 1.87. The molecule has 0 spiro atoms. The molecule has 0 aliphatic carbocycles. The summed E-state index contributed by atoms with van der Waals surface area (Å²) < 4.78 is 26.9. The van der Waals surface area contributed by atoms with Gasteiger partial charge in [-0.1, -0.05) is 6.07 Å². The maximum atomic E-state index is 11.0. The van der Waals surface area contributed by atoms with Crippen molar-refractivity contribution < 1.29 is 18.1 Å². The molecule has 0 radical (unpaired) electrons. The van der Waals surface area contributed by atoms with Gasteiger partial charge in [-0.25, -0.2) is 8.42 Å². The van der Waals surface area contributed by atoms with Crippen molar-refractivity contribution in [3.05, 3.63) is 33.9 Å². The Bertz CT molecular complexity index is 509. The van der Waals surface area contributed by atoms with Gasteiger partial charge in [0.2, 0.25) is 0 Å². The van der Waals surface area contributed by atoms with Crippen LogP contribution in [-0.4, -0.2) is 26.7 Å². The summed E-state index contributed by atoms with van der Waals surface area (Å²) in [5.74, 6) is -0.104. The average molecular weight is 245 g/mol. The van der Waals surface area contributed by atoms with Crippen LogP contribution in [0.3, 0.4) is 0 Å². The molecule has 0 aromatic heterocycles. The largest absolute Gasteiger partial charge is 0.490 e. The van der Waals surface area contributed by atoms with Crippen molar-refractivity contribution in [1.29, 1.82) is 0 Å². The number of methoxy groups -OCH3 is 1. The lowest BCUT2D eigenvalue weighted by molar-refractivity contribution is -0.385. The first-order valence-electron chi connectivity index (χ1n) is 4.32. The normalized spacial score (nSPS) is 11.1. The van der Waals surface area contributed by atoms with Gasteiger partial charge in [0.05, 0.1) is 17.8 Å². The van der Waals surface area contributed by atoms with Crippen molar-refractivity contribution in [3.8, 4) is 5.75 Å². The average Bonchev–Trinajstić information content (AvgIpc) is 2.14. The highest BCUT2D eigenvalue weighted by molar-refractivity contribution is 7.89. The van der Waals surface area contributed by atoms with Gasteiger partial charge >= 0.3 is 5.69 Å². The summed E-state index contributed by atoms with van der Waals surface area (Å²) in [5.41, 5.74) is 0.282. The quantitative estimate of drug-likeness (QED) is 0.586. The predicted octanol–water partition coefficient (Wildman–Crippen LogP) is 1.15. The van der Waals surface area contributed by atoms with Gasteiger partial charge < -0.3 is 4.74 Å². The van der Waals surface area contributed by atoms with Crippen LogP contribution in [0, 0.1) is 10.1 Å². The summed E-state index contributed by atoms with van der Waals surface area (Å²) in [6.07, 6.45) is 1.10. The van der Waals surface area contributed by atoms with E-state index in [0.29, 0.717) is 5.56 Å². The molecule has 0 fully saturated rings. The van der Waals surface area contributed by atoms with Gasteiger partial charge in [-0.2, -0.15) is 0 Å². The zero-order valence-corrected chi connectivity index (χ0v) is 9.65. The lowest BCUT2D eigenvalue weighted by Gasteiger charge is -2.04. The lowest BCUT2D eigenvalue weighted by atomic mass is 10.2. The molecule has 0 saturated heterocycles. The van der Waals surface area contributed by atoms with E-state index in [1.54, 1.807) is 0 Å². The molecular weight excluding hydrogens is 234 g/mol. The molecule has 0 amide bonds. The number of hydrogen-bond donors (Lipinski definition) is 0. The van der Waals surface area contributed by atoms with E-state index in [-0.39, 0.29) is 17.2 Å². The molecule has 0 N–H and O–H groups in total. The van der Waals surface area contributed by atoms with Crippen LogP contribution in [0.5, 0.6) is 5.75 Å². The Labute approximate surface area is 92.9 Å². The zero-order chi connectivity index (χ0) is 12.3. The predicted molar refractivity (Wildman–Crippen MR) is 58.2 cm³/mol. The number of nitro benzene ring substituents is 1. The Morgan fingerprint density at radius 3 is 2.50 bits per heavy atom. The third kappa shape index (κ3) is 3.20. The zero-order valence-electron chi connectivity index (χ0n) is 8.84. The summed E-state index contributed by atoms with van der Waals surface area (Å²) in [5, 5.41) is 10.6. The van der Waals surface area contributed by atoms with Gasteiger partial charge in [0, 0.05) is 12.3 Å². The minimum Gasteiger partial charge on any atom is -0.490 e. The standard InChI is InChI=1S/C9H11NO5S/c1-15-9-5-7(6-16(2,13)14)3-4-8(9)10(11)12/h3-5H,6H2,1-2H3. The molecule has 0 heterocycles. The summed E-state index contributed by atoms with van der Waals surface area (Å²) in [7, 11) is -1.86. The van der Waals surface area contributed by atoms with Crippen molar-refractivity contribution in [3.63, 3.8) is 0 Å². The molecule has 1 aromatic rings. The molecule has 88 valence electrons. The molecule has 0 aliphatic heterocycles. The first kappa shape index (κ1) is 12.4. The van der Waals surface area contributed by atoms with Crippen LogP contribution in [-0.2, 0) is 15.6 Å². The number of hydrogen-bond acceptors (Lipinski definition) is 5. The SMILES string of the molecule is COc1cc(CS(C)(=O)=O)ccc1[N+](=O)[O-]. The second-order valence-electron chi connectivity index (χ2n) is 3.33. The van der Waals surface area contributed by atoms with Crippen LogP contribution in [0.25, 0.3) is 0 Å². The second-order valence-corrected chi connectivity index (χ2v) is 5.47. The Morgan fingerprint density at radius 1 is 1.44 bits per heavy atom. The van der Waals surface area contributed by atoms with Gasteiger partial charge in [0.1, 0.15) is 0 Å². The minimum atomic E-state index is -3.16. The van der Waals surface area contributed by atoms with Gasteiger partial charge in [-0.3, -0.25) is 10.1 Å². The van der Waals surface area contributed by atoms with Crippen molar-refractivity contribution in [2.75, 3.05) is 13.4 Å². The number of rotatable bonds is 4. The van der Waals surface area contributed by atoms with Gasteiger partial charge in [-0.15, -0.1) is 0 Å². The summed E-state index contributed by atoms with van der Waals surface area (Å²) in [6, 6.07) is 4.00. The first-order chi connectivity index (χ1) is 7.33. The Balaban J connectivity index is 3.14. The molecule has 0 bridgehead atoms. The molecule has 0 atom stereocenters. The Morgan fingerprint density at radius 2 is 2.06 bits per heavy atom. The third-order valence-corrected chi connectivity index (χ3v) is 2.73. The fourth-order valence-corrected chi connectivity index (χ4v) is 2.05. The number of sulfone groups is 1. The molecule has 16 heavy (non-hydrogen) atoms.